The lowest BCUT2D eigenvalue weighted by Gasteiger charge is -2.32. The van der Waals surface area contributed by atoms with Gasteiger partial charge in [0.2, 0.25) is 0 Å². The van der Waals surface area contributed by atoms with Crippen LogP contribution in [0.5, 0.6) is 5.75 Å². The molecule has 0 aliphatic carbocycles. The van der Waals surface area contributed by atoms with Gasteiger partial charge in [-0.25, -0.2) is 9.48 Å². The lowest BCUT2D eigenvalue weighted by atomic mass is 9.95. The van der Waals surface area contributed by atoms with Crippen molar-refractivity contribution in [3.05, 3.63) is 46.1 Å². The first-order valence-electron chi connectivity index (χ1n) is 9.21. The van der Waals surface area contributed by atoms with Gasteiger partial charge in [-0.2, -0.15) is 5.10 Å². The van der Waals surface area contributed by atoms with Crippen LogP contribution < -0.4 is 10.4 Å². The molecular weight excluding hydrogens is 332 g/mol. The average molecular weight is 358 g/mol. The van der Waals surface area contributed by atoms with Crippen molar-refractivity contribution in [2.75, 3.05) is 19.7 Å². The molecule has 2 heterocycles. The molecule has 2 aromatic rings. The van der Waals surface area contributed by atoms with E-state index < -0.39 is 0 Å². The third-order valence-electron chi connectivity index (χ3n) is 4.92. The summed E-state index contributed by atoms with van der Waals surface area (Å²) in [5.41, 5.74) is 0.530. The Bertz CT molecular complexity index is 832. The molecule has 0 radical (unpaired) electrons. The number of piperidine rings is 1. The molecule has 1 aliphatic heterocycles. The van der Waals surface area contributed by atoms with E-state index in [0.717, 1.165) is 18.7 Å². The average Bonchev–Trinajstić information content (AvgIpc) is 2.96. The van der Waals surface area contributed by atoms with Crippen LogP contribution in [0.4, 0.5) is 0 Å². The highest BCUT2D eigenvalue weighted by Gasteiger charge is 2.29. The van der Waals surface area contributed by atoms with Crippen molar-refractivity contribution in [3.63, 3.8) is 0 Å². The van der Waals surface area contributed by atoms with E-state index >= 15 is 0 Å². The van der Waals surface area contributed by atoms with Gasteiger partial charge in [0.05, 0.1) is 12.2 Å². The topological polar surface area (TPSA) is 69.4 Å². The summed E-state index contributed by atoms with van der Waals surface area (Å²) in [5, 5.41) is 4.41. The Morgan fingerprint density at radius 3 is 2.58 bits per heavy atom. The van der Waals surface area contributed by atoms with Crippen LogP contribution in [-0.2, 0) is 13.6 Å². The van der Waals surface area contributed by atoms with E-state index in [-0.39, 0.29) is 17.5 Å². The molecule has 0 saturated carbocycles. The molecule has 1 fully saturated rings. The molecule has 140 valence electrons. The fourth-order valence-electron chi connectivity index (χ4n) is 3.56. The van der Waals surface area contributed by atoms with E-state index in [9.17, 15) is 9.59 Å². The number of aryl methyl sites for hydroxylation is 1. The first-order valence-corrected chi connectivity index (χ1v) is 9.21. The van der Waals surface area contributed by atoms with E-state index in [4.69, 9.17) is 4.74 Å². The Hall–Kier alpha value is -2.57. The molecule has 7 heteroatoms. The zero-order chi connectivity index (χ0) is 18.7. The van der Waals surface area contributed by atoms with Gasteiger partial charge in [0.25, 0.3) is 5.91 Å². The maximum absolute atomic E-state index is 12.9. The molecule has 0 unspecified atom stereocenters. The molecule has 0 N–H and O–H groups in total. The molecule has 3 rings (SSSR count). The number of nitrogens with zero attached hydrogens (tertiary/aromatic N) is 4. The SMILES string of the molecule is CCOc1ccccc1C(=O)N1CCC(c2nn(C)c(=O)n2CC)CC1. The Morgan fingerprint density at radius 1 is 1.23 bits per heavy atom. The fraction of sp³-hybridized carbons (Fsp3) is 0.526. The summed E-state index contributed by atoms with van der Waals surface area (Å²) in [5.74, 6) is 1.67. The Balaban J connectivity index is 1.72. The largest absolute Gasteiger partial charge is 0.493 e. The number of benzene rings is 1. The predicted octanol–water partition coefficient (Wildman–Crippen LogP) is 2.02. The van der Waals surface area contributed by atoms with Gasteiger partial charge in [-0.3, -0.25) is 9.36 Å². The first kappa shape index (κ1) is 18.2. The fourth-order valence-corrected chi connectivity index (χ4v) is 3.56. The number of likely N-dealkylation sites (tertiary alicyclic amines) is 1. The summed E-state index contributed by atoms with van der Waals surface area (Å²) in [4.78, 5) is 26.9. The summed E-state index contributed by atoms with van der Waals surface area (Å²) in [6.45, 7) is 6.31. The van der Waals surface area contributed by atoms with Crippen LogP contribution in [-0.4, -0.2) is 44.9 Å². The zero-order valence-electron chi connectivity index (χ0n) is 15.6. The maximum atomic E-state index is 12.9. The van der Waals surface area contributed by atoms with Crippen LogP contribution in [0.25, 0.3) is 0 Å². The van der Waals surface area contributed by atoms with Crippen LogP contribution in [0.15, 0.2) is 29.1 Å². The molecular formula is C19H26N4O3. The van der Waals surface area contributed by atoms with Gasteiger partial charge < -0.3 is 9.64 Å². The number of amides is 1. The van der Waals surface area contributed by atoms with Crippen molar-refractivity contribution in [1.29, 1.82) is 0 Å². The van der Waals surface area contributed by atoms with Gasteiger partial charge >= 0.3 is 5.69 Å². The Labute approximate surface area is 153 Å². The van der Waals surface area contributed by atoms with Gasteiger partial charge in [-0.1, -0.05) is 12.1 Å². The van der Waals surface area contributed by atoms with E-state index in [2.05, 4.69) is 5.10 Å². The van der Waals surface area contributed by atoms with Crippen LogP contribution in [0.1, 0.15) is 48.8 Å². The molecule has 0 bridgehead atoms. The number of hydrogen-bond acceptors (Lipinski definition) is 4. The molecule has 1 amide bonds. The number of ether oxygens (including phenoxy) is 1. The lowest BCUT2D eigenvalue weighted by Crippen LogP contribution is -2.38. The second-order valence-electron chi connectivity index (χ2n) is 6.50. The third-order valence-corrected chi connectivity index (χ3v) is 4.92. The minimum Gasteiger partial charge on any atom is -0.493 e. The van der Waals surface area contributed by atoms with Crippen molar-refractivity contribution >= 4 is 5.91 Å². The van der Waals surface area contributed by atoms with Gasteiger partial charge in [0.1, 0.15) is 11.6 Å². The number of para-hydroxylation sites is 1. The predicted molar refractivity (Wildman–Crippen MR) is 98.6 cm³/mol. The monoisotopic (exact) mass is 358 g/mol. The minimum absolute atomic E-state index is 0.00130. The number of aromatic nitrogens is 3. The summed E-state index contributed by atoms with van der Waals surface area (Å²) >= 11 is 0. The van der Waals surface area contributed by atoms with E-state index in [1.807, 2.05) is 43.0 Å². The molecule has 1 aromatic heterocycles. The first-order chi connectivity index (χ1) is 12.6. The normalized spacial score (nSPS) is 15.3. The van der Waals surface area contributed by atoms with Crippen LogP contribution in [0.2, 0.25) is 0 Å². The van der Waals surface area contributed by atoms with Crippen LogP contribution in [0, 0.1) is 0 Å². The lowest BCUT2D eigenvalue weighted by molar-refractivity contribution is 0.0706. The van der Waals surface area contributed by atoms with Gasteiger partial charge in [-0.05, 0) is 38.8 Å². The highest BCUT2D eigenvalue weighted by molar-refractivity contribution is 5.97. The Morgan fingerprint density at radius 2 is 1.92 bits per heavy atom. The van der Waals surface area contributed by atoms with Crippen molar-refractivity contribution in [2.45, 2.75) is 39.2 Å². The van der Waals surface area contributed by atoms with Crippen LogP contribution >= 0.6 is 0 Å². The van der Waals surface area contributed by atoms with Crippen molar-refractivity contribution in [3.8, 4) is 5.75 Å². The second kappa shape index (κ2) is 7.76. The van der Waals surface area contributed by atoms with Gasteiger partial charge in [0.15, 0.2) is 0 Å². The van der Waals surface area contributed by atoms with Crippen LogP contribution in [0.3, 0.4) is 0 Å². The summed E-state index contributed by atoms with van der Waals surface area (Å²) in [6.07, 6.45) is 1.61. The number of carbonyl (C=O) groups is 1. The number of hydrogen-bond donors (Lipinski definition) is 0. The molecule has 0 atom stereocenters. The molecule has 7 nitrogen and oxygen atoms in total. The molecule has 26 heavy (non-hydrogen) atoms. The van der Waals surface area contributed by atoms with E-state index in [1.54, 1.807) is 11.6 Å². The van der Waals surface area contributed by atoms with Crippen molar-refractivity contribution < 1.29 is 9.53 Å². The summed E-state index contributed by atoms with van der Waals surface area (Å²) in [6, 6.07) is 7.37. The molecule has 1 aliphatic rings. The number of carbonyl (C=O) groups excluding carboxylic acids is 1. The molecule has 1 saturated heterocycles. The van der Waals surface area contributed by atoms with Gasteiger partial charge in [-0.15, -0.1) is 0 Å². The summed E-state index contributed by atoms with van der Waals surface area (Å²) in [7, 11) is 1.68. The van der Waals surface area contributed by atoms with E-state index in [1.165, 1.54) is 4.68 Å². The van der Waals surface area contributed by atoms with E-state index in [0.29, 0.717) is 37.6 Å². The Kier molecular flexibility index (Phi) is 5.44. The molecule has 0 spiro atoms. The zero-order valence-corrected chi connectivity index (χ0v) is 15.6. The maximum Gasteiger partial charge on any atom is 0.345 e. The number of rotatable bonds is 5. The van der Waals surface area contributed by atoms with Crippen molar-refractivity contribution in [1.82, 2.24) is 19.2 Å². The van der Waals surface area contributed by atoms with Crippen molar-refractivity contribution in [2.24, 2.45) is 7.05 Å². The smallest absolute Gasteiger partial charge is 0.345 e. The third kappa shape index (κ3) is 3.38. The minimum atomic E-state index is -0.0772. The quantitative estimate of drug-likeness (QED) is 0.820. The van der Waals surface area contributed by atoms with Gasteiger partial charge in [0, 0.05) is 32.6 Å². The standard InChI is InChI=1S/C19H26N4O3/c1-4-23-17(20-21(3)19(23)25)14-10-12-22(13-11-14)18(24)15-8-6-7-9-16(15)26-5-2/h6-9,14H,4-5,10-13H2,1-3H3. The highest BCUT2D eigenvalue weighted by Crippen LogP contribution is 2.28. The highest BCUT2D eigenvalue weighted by atomic mass is 16.5. The molecule has 1 aromatic carbocycles. The second-order valence-corrected chi connectivity index (χ2v) is 6.50. The summed E-state index contributed by atoms with van der Waals surface area (Å²) < 4.78 is 8.71.